The summed E-state index contributed by atoms with van der Waals surface area (Å²) in [6, 6.07) is 15.3. The number of amides is 2. The lowest BCUT2D eigenvalue weighted by Gasteiger charge is -2.35. The monoisotopic (exact) mass is 478 g/mol. The highest BCUT2D eigenvalue weighted by Gasteiger charge is 2.38. The predicted molar refractivity (Wildman–Crippen MR) is 128 cm³/mol. The van der Waals surface area contributed by atoms with Crippen molar-refractivity contribution in [3.63, 3.8) is 0 Å². The van der Waals surface area contributed by atoms with Crippen molar-refractivity contribution < 1.29 is 29.0 Å². The third-order valence-electron chi connectivity index (χ3n) is 7.20. The van der Waals surface area contributed by atoms with Crippen LogP contribution in [0.3, 0.4) is 0 Å². The van der Waals surface area contributed by atoms with Gasteiger partial charge in [0.2, 0.25) is 5.91 Å². The number of morpholine rings is 1. The van der Waals surface area contributed by atoms with Crippen LogP contribution in [0.4, 0.5) is 4.79 Å². The van der Waals surface area contributed by atoms with Gasteiger partial charge in [0.25, 0.3) is 0 Å². The predicted octanol–water partition coefficient (Wildman–Crippen LogP) is 3.25. The molecule has 0 bridgehead atoms. The number of carbonyl (C=O) groups excluding carboxylic acids is 2. The molecular formula is C27H30N2O6. The topological polar surface area (TPSA) is 105 Å². The Balaban J connectivity index is 1.21. The van der Waals surface area contributed by atoms with Crippen molar-refractivity contribution in [2.75, 3.05) is 32.9 Å². The Morgan fingerprint density at radius 2 is 1.71 bits per heavy atom. The number of carbonyl (C=O) groups is 3. The minimum Gasteiger partial charge on any atom is -0.480 e. The highest BCUT2D eigenvalue weighted by atomic mass is 16.5. The second kappa shape index (κ2) is 10.1. The number of rotatable bonds is 8. The molecule has 0 aromatic heterocycles. The highest BCUT2D eigenvalue weighted by molar-refractivity contribution is 5.86. The van der Waals surface area contributed by atoms with Crippen LogP contribution in [0.25, 0.3) is 11.1 Å². The lowest BCUT2D eigenvalue weighted by Crippen LogP contribution is -2.55. The van der Waals surface area contributed by atoms with Crippen molar-refractivity contribution in [2.24, 2.45) is 11.8 Å². The molecule has 8 nitrogen and oxygen atoms in total. The minimum atomic E-state index is -1.08. The number of hydrogen-bond acceptors (Lipinski definition) is 5. The van der Waals surface area contributed by atoms with Gasteiger partial charge in [-0.2, -0.15) is 0 Å². The maximum atomic E-state index is 13.2. The zero-order valence-electron chi connectivity index (χ0n) is 19.5. The number of ether oxygens (including phenoxy) is 2. The SMILES string of the molecule is O=C(NCC(CC1CC1)C(=O)N1CCOCC1C(=O)O)OCC1c2ccccc2-c2ccccc21. The van der Waals surface area contributed by atoms with E-state index in [9.17, 15) is 19.5 Å². The van der Waals surface area contributed by atoms with E-state index in [1.807, 2.05) is 24.3 Å². The van der Waals surface area contributed by atoms with Crippen LogP contribution >= 0.6 is 0 Å². The average Bonchev–Trinajstić information content (AvgIpc) is 3.65. The van der Waals surface area contributed by atoms with Crippen LogP contribution in [0.1, 0.15) is 36.3 Å². The number of fused-ring (bicyclic) bond motifs is 3. The summed E-state index contributed by atoms with van der Waals surface area (Å²) in [6.07, 6.45) is 2.17. The van der Waals surface area contributed by atoms with Crippen molar-refractivity contribution in [3.8, 4) is 11.1 Å². The normalized spacial score (nSPS) is 20.0. The van der Waals surface area contributed by atoms with Crippen molar-refractivity contribution in [1.29, 1.82) is 0 Å². The first-order valence-corrected chi connectivity index (χ1v) is 12.2. The Bertz CT molecular complexity index is 1070. The first-order valence-electron chi connectivity index (χ1n) is 12.2. The molecular weight excluding hydrogens is 448 g/mol. The Kier molecular flexibility index (Phi) is 6.72. The molecule has 2 aliphatic carbocycles. The van der Waals surface area contributed by atoms with E-state index in [1.54, 1.807) is 0 Å². The van der Waals surface area contributed by atoms with E-state index in [0.717, 1.165) is 35.1 Å². The van der Waals surface area contributed by atoms with Crippen LogP contribution in [0.2, 0.25) is 0 Å². The summed E-state index contributed by atoms with van der Waals surface area (Å²) in [7, 11) is 0. The maximum Gasteiger partial charge on any atom is 0.407 e. The van der Waals surface area contributed by atoms with Gasteiger partial charge >= 0.3 is 12.1 Å². The minimum absolute atomic E-state index is 0.0168. The van der Waals surface area contributed by atoms with Gasteiger partial charge in [-0.1, -0.05) is 61.4 Å². The molecule has 184 valence electrons. The van der Waals surface area contributed by atoms with Gasteiger partial charge < -0.3 is 24.8 Å². The van der Waals surface area contributed by atoms with Gasteiger partial charge in [0.05, 0.1) is 19.1 Å². The molecule has 8 heteroatoms. The molecule has 0 radical (unpaired) electrons. The summed E-state index contributed by atoms with van der Waals surface area (Å²) >= 11 is 0. The smallest absolute Gasteiger partial charge is 0.407 e. The zero-order chi connectivity index (χ0) is 24.4. The second-order valence-electron chi connectivity index (χ2n) is 9.54. The number of carboxylic acids is 1. The van der Waals surface area contributed by atoms with E-state index >= 15 is 0 Å². The Hall–Kier alpha value is -3.39. The maximum absolute atomic E-state index is 13.2. The van der Waals surface area contributed by atoms with Gasteiger partial charge in [-0.25, -0.2) is 9.59 Å². The fraction of sp³-hybridized carbons (Fsp3) is 0.444. The molecule has 35 heavy (non-hydrogen) atoms. The third-order valence-corrected chi connectivity index (χ3v) is 7.20. The van der Waals surface area contributed by atoms with E-state index in [4.69, 9.17) is 9.47 Å². The summed E-state index contributed by atoms with van der Waals surface area (Å²) < 4.78 is 10.9. The summed E-state index contributed by atoms with van der Waals surface area (Å²) in [5.41, 5.74) is 4.59. The highest BCUT2D eigenvalue weighted by Crippen LogP contribution is 2.44. The van der Waals surface area contributed by atoms with Gasteiger partial charge in [0.1, 0.15) is 6.61 Å². The van der Waals surface area contributed by atoms with Crippen molar-refractivity contribution in [1.82, 2.24) is 10.2 Å². The van der Waals surface area contributed by atoms with Crippen LogP contribution < -0.4 is 5.32 Å². The number of nitrogens with zero attached hydrogens (tertiary/aromatic N) is 1. The van der Waals surface area contributed by atoms with Crippen molar-refractivity contribution in [3.05, 3.63) is 59.7 Å². The summed E-state index contributed by atoms with van der Waals surface area (Å²) in [4.78, 5) is 38.9. The Labute approximate surface area is 204 Å². The van der Waals surface area contributed by atoms with Crippen LogP contribution in [-0.2, 0) is 19.1 Å². The summed E-state index contributed by atoms with van der Waals surface area (Å²) in [5, 5.41) is 12.3. The van der Waals surface area contributed by atoms with E-state index < -0.39 is 24.0 Å². The van der Waals surface area contributed by atoms with Crippen LogP contribution in [0.5, 0.6) is 0 Å². The number of nitrogens with one attached hydrogen (secondary N) is 1. The van der Waals surface area contributed by atoms with Gasteiger partial charge in [0, 0.05) is 19.0 Å². The van der Waals surface area contributed by atoms with E-state index in [2.05, 4.69) is 29.6 Å². The molecule has 0 spiro atoms. The van der Waals surface area contributed by atoms with E-state index in [0.29, 0.717) is 18.9 Å². The molecule has 2 atom stereocenters. The average molecular weight is 479 g/mol. The first-order chi connectivity index (χ1) is 17.0. The molecule has 1 saturated carbocycles. The fourth-order valence-corrected chi connectivity index (χ4v) is 5.19. The van der Waals surface area contributed by atoms with Gasteiger partial charge in [-0.3, -0.25) is 4.79 Å². The standard InChI is InChI=1S/C27H30N2O6/c30-25(29-11-12-34-16-24(29)26(31)32)18(13-17-9-10-17)14-28-27(33)35-15-23-21-7-3-1-5-19(21)20-6-2-4-8-22(20)23/h1-8,17-18,23-24H,9-16H2,(H,28,33)(H,31,32). The molecule has 2 amide bonds. The van der Waals surface area contributed by atoms with Gasteiger partial charge in [-0.05, 0) is 34.6 Å². The lowest BCUT2D eigenvalue weighted by atomic mass is 9.98. The molecule has 1 heterocycles. The molecule has 2 fully saturated rings. The molecule has 1 aliphatic heterocycles. The fourth-order valence-electron chi connectivity index (χ4n) is 5.19. The summed E-state index contributed by atoms with van der Waals surface area (Å²) in [5.74, 6) is -1.40. The molecule has 2 aromatic carbocycles. The molecule has 2 N–H and O–H groups in total. The molecule has 5 rings (SSSR count). The number of hydrogen-bond donors (Lipinski definition) is 2. The second-order valence-corrected chi connectivity index (χ2v) is 9.54. The summed E-state index contributed by atoms with van der Waals surface area (Å²) in [6.45, 7) is 0.853. The van der Waals surface area contributed by atoms with Crippen LogP contribution in [-0.4, -0.2) is 66.9 Å². The number of benzene rings is 2. The quantitative estimate of drug-likeness (QED) is 0.604. The lowest BCUT2D eigenvalue weighted by molar-refractivity contribution is -0.160. The van der Waals surface area contributed by atoms with E-state index in [-0.39, 0.29) is 38.1 Å². The molecule has 2 aromatic rings. The van der Waals surface area contributed by atoms with Crippen LogP contribution in [0.15, 0.2) is 48.5 Å². The Morgan fingerprint density at radius 3 is 2.34 bits per heavy atom. The van der Waals surface area contributed by atoms with Gasteiger partial charge in [-0.15, -0.1) is 0 Å². The number of carboxylic acid groups (broad SMARTS) is 1. The zero-order valence-corrected chi connectivity index (χ0v) is 19.5. The third kappa shape index (κ3) is 5.03. The van der Waals surface area contributed by atoms with Crippen molar-refractivity contribution >= 4 is 18.0 Å². The Morgan fingerprint density at radius 1 is 1.06 bits per heavy atom. The number of aliphatic carboxylic acids is 1. The molecule has 3 aliphatic rings. The van der Waals surface area contributed by atoms with Crippen LogP contribution in [0, 0.1) is 11.8 Å². The van der Waals surface area contributed by atoms with E-state index in [1.165, 1.54) is 4.90 Å². The largest absolute Gasteiger partial charge is 0.480 e. The molecule has 2 unspecified atom stereocenters. The number of alkyl carbamates (subject to hydrolysis) is 1. The van der Waals surface area contributed by atoms with Crippen molar-refractivity contribution in [2.45, 2.75) is 31.2 Å². The van der Waals surface area contributed by atoms with Gasteiger partial charge in [0.15, 0.2) is 6.04 Å². The molecule has 1 saturated heterocycles. The first kappa shape index (κ1) is 23.4.